The lowest BCUT2D eigenvalue weighted by atomic mass is 10.2. The van der Waals surface area contributed by atoms with E-state index in [4.69, 9.17) is 9.47 Å². The van der Waals surface area contributed by atoms with Crippen LogP contribution in [0.4, 0.5) is 0 Å². The van der Waals surface area contributed by atoms with E-state index in [1.165, 1.54) is 6.08 Å². The highest BCUT2D eigenvalue weighted by Crippen LogP contribution is 2.09. The van der Waals surface area contributed by atoms with Gasteiger partial charge in [-0.3, -0.25) is 0 Å². The second kappa shape index (κ2) is 6.74. The third-order valence-electron chi connectivity index (χ3n) is 1.66. The van der Waals surface area contributed by atoms with Crippen molar-refractivity contribution in [3.05, 3.63) is 16.6 Å². The van der Waals surface area contributed by atoms with Crippen LogP contribution in [-0.2, 0) is 19.1 Å². The topological polar surface area (TPSA) is 78.4 Å². The molecule has 1 heterocycles. The van der Waals surface area contributed by atoms with Gasteiger partial charge >= 0.3 is 11.9 Å². The largest absolute Gasteiger partial charge is 0.462 e. The molecule has 1 aromatic heterocycles. The Labute approximate surface area is 102 Å². The van der Waals surface area contributed by atoms with Crippen LogP contribution in [0, 0.1) is 0 Å². The molecule has 1 rings (SSSR count). The molecule has 0 N–H and O–H groups in total. The minimum absolute atomic E-state index is 0.179. The molecule has 0 bridgehead atoms. The Morgan fingerprint density at radius 1 is 1.29 bits per heavy atom. The molecule has 1 aromatic rings. The summed E-state index contributed by atoms with van der Waals surface area (Å²) in [5.74, 6) is -1.45. The summed E-state index contributed by atoms with van der Waals surface area (Å²) in [6.45, 7) is 3.69. The van der Waals surface area contributed by atoms with Gasteiger partial charge in [-0.1, -0.05) is 4.49 Å². The molecule has 92 valence electrons. The van der Waals surface area contributed by atoms with E-state index in [0.717, 1.165) is 11.5 Å². The Bertz CT molecular complexity index is 394. The standard InChI is InChI=1S/C10H12N2O4S/c1-3-15-9(13)8(10(14)16-4-2)5-7-6-17-12-11-7/h5-6H,3-4H2,1-2H3. The maximum Gasteiger partial charge on any atom is 0.345 e. The molecule has 0 aliphatic heterocycles. The number of hydrogen-bond acceptors (Lipinski definition) is 7. The molecule has 0 radical (unpaired) electrons. The Morgan fingerprint density at radius 3 is 2.29 bits per heavy atom. The van der Waals surface area contributed by atoms with E-state index in [2.05, 4.69) is 9.59 Å². The third-order valence-corrected chi connectivity index (χ3v) is 2.18. The average Bonchev–Trinajstić information content (AvgIpc) is 2.79. The molecule has 7 heteroatoms. The summed E-state index contributed by atoms with van der Waals surface area (Å²) in [7, 11) is 0. The maximum absolute atomic E-state index is 11.5. The zero-order valence-electron chi connectivity index (χ0n) is 9.50. The van der Waals surface area contributed by atoms with E-state index in [1.54, 1.807) is 19.2 Å². The molecule has 0 saturated heterocycles. The Hall–Kier alpha value is -1.76. The van der Waals surface area contributed by atoms with Gasteiger partial charge in [0.1, 0.15) is 5.57 Å². The van der Waals surface area contributed by atoms with Gasteiger partial charge in [-0.05, 0) is 31.5 Å². The Kier molecular flexibility index (Phi) is 5.28. The van der Waals surface area contributed by atoms with E-state index in [9.17, 15) is 9.59 Å². The number of aromatic nitrogens is 2. The predicted octanol–water partition coefficient (Wildman–Crippen LogP) is 1.05. The van der Waals surface area contributed by atoms with Crippen molar-refractivity contribution < 1.29 is 19.1 Å². The van der Waals surface area contributed by atoms with Crippen LogP contribution in [0.3, 0.4) is 0 Å². The molecule has 17 heavy (non-hydrogen) atoms. The van der Waals surface area contributed by atoms with Gasteiger partial charge in [-0.2, -0.15) is 0 Å². The summed E-state index contributed by atoms with van der Waals surface area (Å²) in [4.78, 5) is 23.1. The molecule has 0 spiro atoms. The second-order valence-corrected chi connectivity index (χ2v) is 3.44. The van der Waals surface area contributed by atoms with Crippen molar-refractivity contribution in [2.45, 2.75) is 13.8 Å². The van der Waals surface area contributed by atoms with Crippen molar-refractivity contribution >= 4 is 29.5 Å². The van der Waals surface area contributed by atoms with E-state index in [1.807, 2.05) is 0 Å². The van der Waals surface area contributed by atoms with Crippen molar-refractivity contribution in [1.82, 2.24) is 9.59 Å². The van der Waals surface area contributed by atoms with Crippen LogP contribution in [0.2, 0.25) is 0 Å². The van der Waals surface area contributed by atoms with Crippen LogP contribution in [0.1, 0.15) is 19.5 Å². The molecule has 0 amide bonds. The van der Waals surface area contributed by atoms with Gasteiger partial charge < -0.3 is 9.47 Å². The Morgan fingerprint density at radius 2 is 1.88 bits per heavy atom. The molecule has 0 saturated carbocycles. The summed E-state index contributed by atoms with van der Waals surface area (Å²) in [5, 5.41) is 5.33. The molecule has 0 unspecified atom stereocenters. The number of hydrogen-bond donors (Lipinski definition) is 0. The normalized spacial score (nSPS) is 9.53. The first-order valence-electron chi connectivity index (χ1n) is 5.02. The van der Waals surface area contributed by atoms with Gasteiger partial charge in [0, 0.05) is 5.38 Å². The van der Waals surface area contributed by atoms with Gasteiger partial charge in [0.05, 0.1) is 18.9 Å². The molecular weight excluding hydrogens is 244 g/mol. The van der Waals surface area contributed by atoms with Crippen LogP contribution < -0.4 is 0 Å². The summed E-state index contributed by atoms with van der Waals surface area (Å²) in [6.07, 6.45) is 1.31. The van der Waals surface area contributed by atoms with E-state index < -0.39 is 11.9 Å². The van der Waals surface area contributed by atoms with Gasteiger partial charge in [0.2, 0.25) is 0 Å². The highest BCUT2D eigenvalue weighted by Gasteiger charge is 2.21. The number of esters is 2. The number of rotatable bonds is 5. The van der Waals surface area contributed by atoms with Crippen molar-refractivity contribution in [3.8, 4) is 0 Å². The van der Waals surface area contributed by atoms with Crippen LogP contribution in [0.15, 0.2) is 11.0 Å². The lowest BCUT2D eigenvalue weighted by Crippen LogP contribution is -2.18. The van der Waals surface area contributed by atoms with Crippen molar-refractivity contribution in [2.75, 3.05) is 13.2 Å². The first kappa shape index (κ1) is 13.3. The van der Waals surface area contributed by atoms with Gasteiger partial charge in [-0.15, -0.1) is 5.10 Å². The lowest BCUT2D eigenvalue weighted by molar-refractivity contribution is -0.146. The first-order valence-corrected chi connectivity index (χ1v) is 5.85. The fourth-order valence-corrected chi connectivity index (χ4v) is 1.41. The fourth-order valence-electron chi connectivity index (χ4n) is 1.00. The van der Waals surface area contributed by atoms with Gasteiger partial charge in [0.25, 0.3) is 0 Å². The molecule has 0 atom stereocenters. The molecule has 0 aliphatic rings. The lowest BCUT2D eigenvalue weighted by Gasteiger charge is -2.05. The summed E-state index contributed by atoms with van der Waals surface area (Å²) >= 11 is 1.12. The van der Waals surface area contributed by atoms with Gasteiger partial charge in [-0.25, -0.2) is 9.59 Å². The molecule has 0 aromatic carbocycles. The SMILES string of the molecule is CCOC(=O)C(=Cc1csnn1)C(=O)OCC. The highest BCUT2D eigenvalue weighted by atomic mass is 32.1. The number of carbonyl (C=O) groups excluding carboxylic acids is 2. The number of carbonyl (C=O) groups is 2. The smallest absolute Gasteiger partial charge is 0.345 e. The number of ether oxygens (including phenoxy) is 2. The minimum atomic E-state index is -0.723. The van der Waals surface area contributed by atoms with E-state index >= 15 is 0 Å². The molecule has 6 nitrogen and oxygen atoms in total. The highest BCUT2D eigenvalue weighted by molar-refractivity contribution is 7.03. The third kappa shape index (κ3) is 3.95. The van der Waals surface area contributed by atoms with Crippen LogP contribution >= 0.6 is 11.5 Å². The van der Waals surface area contributed by atoms with E-state index in [0.29, 0.717) is 5.69 Å². The quantitative estimate of drug-likeness (QED) is 0.339. The summed E-state index contributed by atoms with van der Waals surface area (Å²) < 4.78 is 13.2. The second-order valence-electron chi connectivity index (χ2n) is 2.83. The molecule has 0 aliphatic carbocycles. The van der Waals surface area contributed by atoms with Crippen LogP contribution in [0.25, 0.3) is 6.08 Å². The van der Waals surface area contributed by atoms with Gasteiger partial charge in [0.15, 0.2) is 0 Å². The van der Waals surface area contributed by atoms with Crippen molar-refractivity contribution in [2.24, 2.45) is 0 Å². The molecular formula is C10H12N2O4S. The molecule has 0 fully saturated rings. The summed E-state index contributed by atoms with van der Waals surface area (Å²) in [6, 6.07) is 0. The zero-order chi connectivity index (χ0) is 12.7. The first-order chi connectivity index (χ1) is 8.19. The maximum atomic E-state index is 11.5. The van der Waals surface area contributed by atoms with E-state index in [-0.39, 0.29) is 18.8 Å². The predicted molar refractivity (Wildman–Crippen MR) is 61.2 cm³/mol. The average molecular weight is 256 g/mol. The number of nitrogens with zero attached hydrogens (tertiary/aromatic N) is 2. The Balaban J connectivity index is 2.93. The van der Waals surface area contributed by atoms with Crippen molar-refractivity contribution in [3.63, 3.8) is 0 Å². The zero-order valence-corrected chi connectivity index (χ0v) is 10.3. The van der Waals surface area contributed by atoms with Crippen LogP contribution in [-0.4, -0.2) is 34.7 Å². The van der Waals surface area contributed by atoms with Crippen LogP contribution in [0.5, 0.6) is 0 Å². The van der Waals surface area contributed by atoms with Crippen molar-refractivity contribution in [1.29, 1.82) is 0 Å². The summed E-state index contributed by atoms with van der Waals surface area (Å²) in [5.41, 5.74) is 0.243. The monoisotopic (exact) mass is 256 g/mol. The fraction of sp³-hybridized carbons (Fsp3) is 0.400. The minimum Gasteiger partial charge on any atom is -0.462 e.